The summed E-state index contributed by atoms with van der Waals surface area (Å²) >= 11 is 0. The standard InChI is InChI=1S/C8H13O2.Y/c1-8(5-10-6-8)2-7-3-9-4-7;/h2-6H2,1H3;/q-1;. The van der Waals surface area contributed by atoms with E-state index in [0.717, 1.165) is 26.4 Å². The fourth-order valence-corrected chi connectivity index (χ4v) is 1.50. The van der Waals surface area contributed by atoms with Crippen LogP contribution < -0.4 is 0 Å². The van der Waals surface area contributed by atoms with Crippen molar-refractivity contribution in [1.29, 1.82) is 0 Å². The van der Waals surface area contributed by atoms with Crippen LogP contribution in [0.5, 0.6) is 0 Å². The molecular formula is C8H13O2Y-. The second-order valence-corrected chi connectivity index (χ2v) is 3.72. The summed E-state index contributed by atoms with van der Waals surface area (Å²) in [7, 11) is 0. The number of rotatable bonds is 2. The SMILES string of the molecule is CC1(C[C-]2COC2)COC1.[Y]. The molecule has 0 amide bonds. The summed E-state index contributed by atoms with van der Waals surface area (Å²) in [4.78, 5) is 0. The van der Waals surface area contributed by atoms with Crippen LogP contribution in [0, 0.1) is 11.3 Å². The molecule has 0 bridgehead atoms. The molecule has 0 aromatic heterocycles. The molecule has 0 saturated carbocycles. The Bertz CT molecular complexity index is 130. The quantitative estimate of drug-likeness (QED) is 0.659. The first-order chi connectivity index (χ1) is 4.79. The number of hydrogen-bond acceptors (Lipinski definition) is 2. The Kier molecular flexibility index (Phi) is 3.51. The maximum absolute atomic E-state index is 5.15. The van der Waals surface area contributed by atoms with Gasteiger partial charge in [-0.05, 0) is 5.41 Å². The Balaban J connectivity index is 0.000000605. The molecule has 3 heteroatoms. The van der Waals surface area contributed by atoms with E-state index in [-0.39, 0.29) is 32.7 Å². The predicted octanol–water partition coefficient (Wildman–Crippen LogP) is 1.02. The van der Waals surface area contributed by atoms with Crippen LogP contribution in [0.4, 0.5) is 0 Å². The summed E-state index contributed by atoms with van der Waals surface area (Å²) < 4.78 is 10.2. The van der Waals surface area contributed by atoms with Crippen LogP contribution in [0.2, 0.25) is 0 Å². The molecule has 2 heterocycles. The molecule has 0 atom stereocenters. The zero-order chi connectivity index (χ0) is 7.03. The van der Waals surface area contributed by atoms with Crippen LogP contribution in [-0.4, -0.2) is 26.4 Å². The molecule has 2 aliphatic heterocycles. The van der Waals surface area contributed by atoms with E-state index < -0.39 is 0 Å². The maximum Gasteiger partial charge on any atom is 0.0517 e. The van der Waals surface area contributed by atoms with Crippen LogP contribution in [0.25, 0.3) is 0 Å². The molecule has 1 radical (unpaired) electrons. The van der Waals surface area contributed by atoms with Gasteiger partial charge in [-0.1, -0.05) is 20.1 Å². The second kappa shape index (κ2) is 3.82. The van der Waals surface area contributed by atoms with Gasteiger partial charge in [0.15, 0.2) is 0 Å². The molecule has 61 valence electrons. The van der Waals surface area contributed by atoms with E-state index in [1.807, 2.05) is 0 Å². The van der Waals surface area contributed by atoms with E-state index in [9.17, 15) is 0 Å². The van der Waals surface area contributed by atoms with Gasteiger partial charge in [0, 0.05) is 32.7 Å². The molecule has 11 heavy (non-hydrogen) atoms. The van der Waals surface area contributed by atoms with Crippen molar-refractivity contribution in [3.05, 3.63) is 5.92 Å². The first kappa shape index (κ1) is 10.1. The molecule has 0 N–H and O–H groups in total. The Morgan fingerprint density at radius 1 is 1.27 bits per heavy atom. The Morgan fingerprint density at radius 3 is 2.18 bits per heavy atom. The van der Waals surface area contributed by atoms with Crippen molar-refractivity contribution in [1.82, 2.24) is 0 Å². The van der Waals surface area contributed by atoms with Crippen molar-refractivity contribution >= 4 is 0 Å². The average Bonchev–Trinajstić information content (AvgIpc) is 1.74. The van der Waals surface area contributed by atoms with Crippen molar-refractivity contribution in [2.45, 2.75) is 13.3 Å². The molecule has 2 rings (SSSR count). The average molecular weight is 230 g/mol. The molecular weight excluding hydrogens is 217 g/mol. The topological polar surface area (TPSA) is 18.5 Å². The second-order valence-electron chi connectivity index (χ2n) is 3.72. The summed E-state index contributed by atoms with van der Waals surface area (Å²) in [6, 6.07) is 0. The van der Waals surface area contributed by atoms with E-state index in [1.54, 1.807) is 5.92 Å². The van der Waals surface area contributed by atoms with Crippen LogP contribution in [-0.2, 0) is 42.2 Å². The fourth-order valence-electron chi connectivity index (χ4n) is 1.50. The molecule has 0 unspecified atom stereocenters. The predicted molar refractivity (Wildman–Crippen MR) is 37.6 cm³/mol. The van der Waals surface area contributed by atoms with Crippen LogP contribution >= 0.6 is 0 Å². The first-order valence-corrected chi connectivity index (χ1v) is 3.78. The van der Waals surface area contributed by atoms with Crippen LogP contribution in [0.15, 0.2) is 0 Å². The van der Waals surface area contributed by atoms with Gasteiger partial charge in [-0.15, -0.1) is 0 Å². The van der Waals surface area contributed by atoms with E-state index in [4.69, 9.17) is 9.47 Å². The summed E-state index contributed by atoms with van der Waals surface area (Å²) in [5.41, 5.74) is 0.457. The van der Waals surface area contributed by atoms with Gasteiger partial charge < -0.3 is 9.47 Å². The largest absolute Gasteiger partial charge is 0.444 e. The minimum atomic E-state index is 0. The Hall–Kier alpha value is 1.02. The van der Waals surface area contributed by atoms with Gasteiger partial charge >= 0.3 is 0 Å². The van der Waals surface area contributed by atoms with Gasteiger partial charge in [0.05, 0.1) is 13.2 Å². The summed E-state index contributed by atoms with van der Waals surface area (Å²) in [5, 5.41) is 0. The zero-order valence-electron chi connectivity index (χ0n) is 6.93. The van der Waals surface area contributed by atoms with Gasteiger partial charge in [-0.2, -0.15) is 6.42 Å². The van der Waals surface area contributed by atoms with Crippen molar-refractivity contribution in [3.63, 3.8) is 0 Å². The van der Waals surface area contributed by atoms with Gasteiger partial charge in [-0.3, -0.25) is 5.92 Å². The fraction of sp³-hybridized carbons (Fsp3) is 0.875. The molecule has 2 nitrogen and oxygen atoms in total. The monoisotopic (exact) mass is 230 g/mol. The van der Waals surface area contributed by atoms with Crippen molar-refractivity contribution in [2.75, 3.05) is 26.4 Å². The number of ether oxygens (including phenoxy) is 2. The third-order valence-electron chi connectivity index (χ3n) is 2.19. The minimum Gasteiger partial charge on any atom is -0.444 e. The molecule has 2 saturated heterocycles. The van der Waals surface area contributed by atoms with Crippen molar-refractivity contribution in [2.24, 2.45) is 5.41 Å². The minimum absolute atomic E-state index is 0. The van der Waals surface area contributed by atoms with E-state index in [2.05, 4.69) is 6.92 Å². The van der Waals surface area contributed by atoms with Crippen LogP contribution in [0.3, 0.4) is 0 Å². The third-order valence-corrected chi connectivity index (χ3v) is 2.19. The molecule has 2 aliphatic rings. The van der Waals surface area contributed by atoms with Crippen molar-refractivity contribution < 1.29 is 42.2 Å². The van der Waals surface area contributed by atoms with E-state index in [0.29, 0.717) is 5.41 Å². The van der Waals surface area contributed by atoms with Crippen LogP contribution in [0.1, 0.15) is 13.3 Å². The van der Waals surface area contributed by atoms with Crippen molar-refractivity contribution in [3.8, 4) is 0 Å². The molecule has 0 aliphatic carbocycles. The van der Waals surface area contributed by atoms with E-state index in [1.165, 1.54) is 6.42 Å². The molecule has 2 fully saturated rings. The van der Waals surface area contributed by atoms with Gasteiger partial charge in [0.25, 0.3) is 0 Å². The normalized spacial score (nSPS) is 28.1. The molecule has 0 spiro atoms. The summed E-state index contributed by atoms with van der Waals surface area (Å²) in [6.07, 6.45) is 1.22. The summed E-state index contributed by atoms with van der Waals surface area (Å²) in [6.45, 7) is 5.96. The van der Waals surface area contributed by atoms with E-state index >= 15 is 0 Å². The smallest absolute Gasteiger partial charge is 0.0517 e. The number of hydrogen-bond donors (Lipinski definition) is 0. The maximum atomic E-state index is 5.15. The zero-order valence-corrected chi connectivity index (χ0v) is 9.77. The van der Waals surface area contributed by atoms with Gasteiger partial charge in [0.1, 0.15) is 0 Å². The van der Waals surface area contributed by atoms with Gasteiger partial charge in [-0.25, -0.2) is 0 Å². The third kappa shape index (κ3) is 2.24. The Labute approximate surface area is 92.9 Å². The molecule has 0 aromatic rings. The first-order valence-electron chi connectivity index (χ1n) is 3.78. The van der Waals surface area contributed by atoms with Gasteiger partial charge in [0.2, 0.25) is 0 Å². The molecule has 0 aromatic carbocycles. The summed E-state index contributed by atoms with van der Waals surface area (Å²) in [5.74, 6) is 1.56. The Morgan fingerprint density at radius 2 is 1.91 bits per heavy atom.